The number of likely N-dealkylation sites (tertiary alicyclic amines) is 1. The van der Waals surface area contributed by atoms with Crippen LogP contribution in [0.25, 0.3) is 0 Å². The van der Waals surface area contributed by atoms with Gasteiger partial charge in [0.25, 0.3) is 0 Å². The van der Waals surface area contributed by atoms with E-state index in [1.54, 1.807) is 0 Å². The minimum absolute atomic E-state index is 0.718. The molecule has 0 saturated carbocycles. The largest absolute Gasteiger partial charge is 0.317 e. The standard InChI is InChI=1S/C16H31N3/c1-12-13(2)19(11-7-14(12)17-3)16-8-10-18-9-5-4-6-15(16)18/h12-17H,4-11H2,1-3H3. The highest BCUT2D eigenvalue weighted by atomic mass is 15.3. The molecule has 0 amide bonds. The third-order valence-corrected chi connectivity index (χ3v) is 6.23. The number of rotatable bonds is 2. The molecule has 3 heteroatoms. The van der Waals surface area contributed by atoms with Crippen molar-refractivity contribution in [3.05, 3.63) is 0 Å². The van der Waals surface area contributed by atoms with Crippen LogP contribution in [0.2, 0.25) is 0 Å². The summed E-state index contributed by atoms with van der Waals surface area (Å²) >= 11 is 0. The Kier molecular flexibility index (Phi) is 4.16. The molecule has 0 aromatic heterocycles. The quantitative estimate of drug-likeness (QED) is 0.823. The molecular weight excluding hydrogens is 234 g/mol. The average Bonchev–Trinajstić information content (AvgIpc) is 2.86. The van der Waals surface area contributed by atoms with E-state index in [0.29, 0.717) is 0 Å². The summed E-state index contributed by atoms with van der Waals surface area (Å²) in [4.78, 5) is 5.63. The normalized spacial score (nSPS) is 45.3. The summed E-state index contributed by atoms with van der Waals surface area (Å²) in [7, 11) is 2.13. The summed E-state index contributed by atoms with van der Waals surface area (Å²) in [6, 6.07) is 3.17. The molecule has 0 aliphatic carbocycles. The molecule has 0 bridgehead atoms. The number of nitrogens with one attached hydrogen (secondary N) is 1. The van der Waals surface area contributed by atoms with Gasteiger partial charge in [-0.3, -0.25) is 9.80 Å². The SMILES string of the molecule is CNC1CCN(C2CCN3CCCCC23)C(C)C1C. The molecule has 110 valence electrons. The Bertz CT molecular complexity index is 306. The Hall–Kier alpha value is -0.120. The molecule has 1 N–H and O–H groups in total. The van der Waals surface area contributed by atoms with Crippen molar-refractivity contribution in [1.82, 2.24) is 15.1 Å². The molecule has 3 rings (SSSR count). The maximum Gasteiger partial charge on any atom is 0.0266 e. The molecular formula is C16H31N3. The fraction of sp³-hybridized carbons (Fsp3) is 1.00. The van der Waals surface area contributed by atoms with E-state index >= 15 is 0 Å². The Labute approximate surface area is 118 Å². The topological polar surface area (TPSA) is 18.5 Å². The molecule has 5 unspecified atom stereocenters. The van der Waals surface area contributed by atoms with Crippen molar-refractivity contribution in [2.24, 2.45) is 5.92 Å². The van der Waals surface area contributed by atoms with Crippen LogP contribution in [0.3, 0.4) is 0 Å². The molecule has 5 atom stereocenters. The summed E-state index contributed by atoms with van der Waals surface area (Å²) in [5.41, 5.74) is 0. The number of piperidine rings is 2. The smallest absolute Gasteiger partial charge is 0.0266 e. The average molecular weight is 265 g/mol. The lowest BCUT2D eigenvalue weighted by atomic mass is 9.84. The van der Waals surface area contributed by atoms with E-state index in [2.05, 4.69) is 36.0 Å². The zero-order valence-corrected chi connectivity index (χ0v) is 12.9. The van der Waals surface area contributed by atoms with E-state index in [1.165, 1.54) is 51.7 Å². The second-order valence-electron chi connectivity index (χ2n) is 6.98. The maximum atomic E-state index is 3.51. The minimum Gasteiger partial charge on any atom is -0.317 e. The van der Waals surface area contributed by atoms with Gasteiger partial charge in [0.05, 0.1) is 0 Å². The summed E-state index contributed by atoms with van der Waals surface area (Å²) in [5, 5.41) is 3.51. The molecule has 3 aliphatic heterocycles. The maximum absolute atomic E-state index is 3.51. The second kappa shape index (κ2) is 5.71. The Morgan fingerprint density at radius 2 is 1.74 bits per heavy atom. The minimum atomic E-state index is 0.718. The van der Waals surface area contributed by atoms with Gasteiger partial charge < -0.3 is 5.32 Å². The molecule has 19 heavy (non-hydrogen) atoms. The lowest BCUT2D eigenvalue weighted by Gasteiger charge is -2.48. The highest BCUT2D eigenvalue weighted by molar-refractivity contribution is 5.00. The van der Waals surface area contributed by atoms with Gasteiger partial charge in [-0.05, 0) is 52.1 Å². The van der Waals surface area contributed by atoms with Crippen LogP contribution in [0.4, 0.5) is 0 Å². The third kappa shape index (κ3) is 2.45. The molecule has 0 aromatic rings. The Balaban J connectivity index is 1.69. The fourth-order valence-corrected chi connectivity index (χ4v) is 4.88. The highest BCUT2D eigenvalue weighted by Crippen LogP contribution is 2.35. The van der Waals surface area contributed by atoms with Crippen molar-refractivity contribution >= 4 is 0 Å². The van der Waals surface area contributed by atoms with Crippen molar-refractivity contribution in [3.8, 4) is 0 Å². The molecule has 3 heterocycles. The Morgan fingerprint density at radius 3 is 2.53 bits per heavy atom. The van der Waals surface area contributed by atoms with Crippen LogP contribution in [0.5, 0.6) is 0 Å². The van der Waals surface area contributed by atoms with Crippen LogP contribution in [0.1, 0.15) is 46.0 Å². The van der Waals surface area contributed by atoms with Gasteiger partial charge in [-0.15, -0.1) is 0 Å². The zero-order chi connectivity index (χ0) is 13.4. The van der Waals surface area contributed by atoms with Crippen molar-refractivity contribution in [2.75, 3.05) is 26.7 Å². The van der Waals surface area contributed by atoms with Gasteiger partial charge in [-0.2, -0.15) is 0 Å². The molecule has 3 aliphatic rings. The van der Waals surface area contributed by atoms with E-state index in [9.17, 15) is 0 Å². The van der Waals surface area contributed by atoms with Crippen molar-refractivity contribution < 1.29 is 0 Å². The van der Waals surface area contributed by atoms with Crippen molar-refractivity contribution in [3.63, 3.8) is 0 Å². The Morgan fingerprint density at radius 1 is 0.895 bits per heavy atom. The monoisotopic (exact) mass is 265 g/mol. The highest BCUT2D eigenvalue weighted by Gasteiger charge is 2.43. The van der Waals surface area contributed by atoms with Crippen LogP contribution in [0.15, 0.2) is 0 Å². The number of hydrogen-bond donors (Lipinski definition) is 1. The van der Waals surface area contributed by atoms with E-state index in [-0.39, 0.29) is 0 Å². The van der Waals surface area contributed by atoms with E-state index < -0.39 is 0 Å². The summed E-state index contributed by atoms with van der Waals surface area (Å²) in [6.45, 7) is 8.90. The molecule has 3 saturated heterocycles. The zero-order valence-electron chi connectivity index (χ0n) is 12.9. The molecule has 0 aromatic carbocycles. The molecule has 3 fully saturated rings. The van der Waals surface area contributed by atoms with Crippen LogP contribution >= 0.6 is 0 Å². The predicted octanol–water partition coefficient (Wildman–Crippen LogP) is 1.93. The van der Waals surface area contributed by atoms with Gasteiger partial charge in [-0.25, -0.2) is 0 Å². The predicted molar refractivity (Wildman–Crippen MR) is 80.4 cm³/mol. The van der Waals surface area contributed by atoms with Gasteiger partial charge in [0.15, 0.2) is 0 Å². The first-order valence-electron chi connectivity index (χ1n) is 8.39. The first-order valence-corrected chi connectivity index (χ1v) is 8.39. The van der Waals surface area contributed by atoms with Crippen LogP contribution in [-0.4, -0.2) is 60.6 Å². The van der Waals surface area contributed by atoms with E-state index in [1.807, 2.05) is 0 Å². The summed E-state index contributed by atoms with van der Waals surface area (Å²) < 4.78 is 0. The van der Waals surface area contributed by atoms with Gasteiger partial charge in [-0.1, -0.05) is 13.3 Å². The number of hydrogen-bond acceptors (Lipinski definition) is 3. The van der Waals surface area contributed by atoms with Gasteiger partial charge in [0, 0.05) is 37.3 Å². The van der Waals surface area contributed by atoms with Crippen molar-refractivity contribution in [2.45, 2.75) is 70.1 Å². The van der Waals surface area contributed by atoms with Crippen molar-refractivity contribution in [1.29, 1.82) is 0 Å². The molecule has 0 spiro atoms. The van der Waals surface area contributed by atoms with Crippen LogP contribution < -0.4 is 5.32 Å². The van der Waals surface area contributed by atoms with Gasteiger partial charge in [0.2, 0.25) is 0 Å². The van der Waals surface area contributed by atoms with Gasteiger partial charge >= 0.3 is 0 Å². The summed E-state index contributed by atoms with van der Waals surface area (Å²) in [5.74, 6) is 0.774. The summed E-state index contributed by atoms with van der Waals surface area (Å²) in [6.07, 6.45) is 7.06. The molecule has 3 nitrogen and oxygen atoms in total. The first-order chi connectivity index (χ1) is 9.22. The van der Waals surface area contributed by atoms with E-state index in [0.717, 1.165) is 30.1 Å². The van der Waals surface area contributed by atoms with Gasteiger partial charge in [0.1, 0.15) is 0 Å². The lowest BCUT2D eigenvalue weighted by molar-refractivity contribution is 0.0256. The van der Waals surface area contributed by atoms with Crippen LogP contribution in [-0.2, 0) is 0 Å². The number of fused-ring (bicyclic) bond motifs is 1. The lowest BCUT2D eigenvalue weighted by Crippen LogP contribution is -2.58. The second-order valence-corrected chi connectivity index (χ2v) is 6.98. The number of nitrogens with zero attached hydrogens (tertiary/aromatic N) is 2. The van der Waals surface area contributed by atoms with E-state index in [4.69, 9.17) is 0 Å². The first kappa shape index (κ1) is 13.8. The fourth-order valence-electron chi connectivity index (χ4n) is 4.88. The third-order valence-electron chi connectivity index (χ3n) is 6.23. The molecule has 0 radical (unpaired) electrons. The van der Waals surface area contributed by atoms with Crippen LogP contribution in [0, 0.1) is 5.92 Å².